The largest absolute Gasteiger partial charge is 0.490 e. The fourth-order valence-corrected chi connectivity index (χ4v) is 8.04. The Balaban J connectivity index is 1.35. The maximum absolute atomic E-state index is 11.9. The van der Waals surface area contributed by atoms with Gasteiger partial charge in [0.2, 0.25) is 0 Å². The molecule has 0 heterocycles. The molecule has 2 saturated carbocycles. The number of hydrogen-bond donors (Lipinski definition) is 2. The van der Waals surface area contributed by atoms with E-state index in [9.17, 15) is 9.59 Å². The third-order valence-corrected chi connectivity index (χ3v) is 11.3. The molecule has 4 rings (SSSR count). The van der Waals surface area contributed by atoms with Gasteiger partial charge in [0.05, 0.1) is 24.4 Å². The molecule has 2 fully saturated rings. The van der Waals surface area contributed by atoms with Gasteiger partial charge in [0.1, 0.15) is 37.9 Å². The van der Waals surface area contributed by atoms with Crippen LogP contribution in [0.15, 0.2) is 60.7 Å². The highest BCUT2D eigenvalue weighted by atomic mass is 16.6. The first-order valence-corrected chi connectivity index (χ1v) is 20.2. The van der Waals surface area contributed by atoms with E-state index in [2.05, 4.69) is 45.2 Å². The minimum Gasteiger partial charge on any atom is -0.490 e. The van der Waals surface area contributed by atoms with Crippen molar-refractivity contribution in [1.29, 1.82) is 0 Å². The van der Waals surface area contributed by atoms with Crippen LogP contribution in [0.2, 0.25) is 0 Å². The quantitative estimate of drug-likeness (QED) is 0.0700. The van der Waals surface area contributed by atoms with Crippen molar-refractivity contribution < 1.29 is 38.7 Å². The zero-order valence-corrected chi connectivity index (χ0v) is 32.4. The third-order valence-electron chi connectivity index (χ3n) is 11.3. The summed E-state index contributed by atoms with van der Waals surface area (Å²) < 4.78 is 22.2. The smallest absolute Gasteiger partial charge is 0.335 e. The minimum absolute atomic E-state index is 0.0138. The lowest BCUT2D eigenvalue weighted by molar-refractivity contribution is -0.141. The van der Waals surface area contributed by atoms with Gasteiger partial charge in [0.25, 0.3) is 0 Å². The zero-order chi connectivity index (χ0) is 38.0. The fourth-order valence-electron chi connectivity index (χ4n) is 8.04. The van der Waals surface area contributed by atoms with E-state index in [1.54, 1.807) is 6.07 Å². The van der Waals surface area contributed by atoms with Crippen molar-refractivity contribution in [2.75, 3.05) is 39.6 Å². The molecule has 2 N–H and O–H groups in total. The second-order valence-corrected chi connectivity index (χ2v) is 15.1. The summed E-state index contributed by atoms with van der Waals surface area (Å²) in [5.74, 6) is 3.13. The highest BCUT2D eigenvalue weighted by molar-refractivity contribution is 5.88. The Labute approximate surface area is 318 Å². The van der Waals surface area contributed by atoms with Crippen molar-refractivity contribution in [2.24, 2.45) is 17.8 Å². The lowest BCUT2D eigenvalue weighted by Crippen LogP contribution is -2.18. The zero-order valence-electron chi connectivity index (χ0n) is 32.4. The number of aryl methyl sites for hydroxylation is 1. The number of carbonyl (C=O) groups is 2. The second kappa shape index (κ2) is 22.6. The first-order valence-electron chi connectivity index (χ1n) is 20.2. The van der Waals surface area contributed by atoms with Gasteiger partial charge in [-0.25, -0.2) is 9.59 Å². The molecule has 8 nitrogen and oxygen atoms in total. The first-order chi connectivity index (χ1) is 25.7. The molecular formula is C45H64O8. The van der Waals surface area contributed by atoms with E-state index < -0.39 is 25.2 Å². The SMILES string of the molecule is C=C(CO)C(=O)OCCOc1cc(OCCOC(=O)C(=C)CO)cc(-c2ccc(C3CCC(CCC4CCC(CCCCC)CC4)CC3)c(CC)c2)c1. The molecule has 0 bridgehead atoms. The Hall–Kier alpha value is -3.62. The van der Waals surface area contributed by atoms with Crippen molar-refractivity contribution in [1.82, 2.24) is 0 Å². The number of ether oxygens (including phenoxy) is 4. The van der Waals surface area contributed by atoms with Crippen LogP contribution in [-0.2, 0) is 25.5 Å². The summed E-state index contributed by atoms with van der Waals surface area (Å²) in [6.07, 6.45) is 20.4. The Morgan fingerprint density at radius 1 is 0.642 bits per heavy atom. The van der Waals surface area contributed by atoms with Gasteiger partial charge in [-0.05, 0) is 90.2 Å². The van der Waals surface area contributed by atoms with E-state index >= 15 is 0 Å². The topological polar surface area (TPSA) is 112 Å². The second-order valence-electron chi connectivity index (χ2n) is 15.1. The maximum Gasteiger partial charge on any atom is 0.335 e. The predicted octanol–water partition coefficient (Wildman–Crippen LogP) is 9.30. The van der Waals surface area contributed by atoms with Crippen molar-refractivity contribution in [2.45, 2.75) is 116 Å². The van der Waals surface area contributed by atoms with Gasteiger partial charge in [-0.2, -0.15) is 0 Å². The molecular weight excluding hydrogens is 668 g/mol. The Morgan fingerprint density at radius 3 is 1.64 bits per heavy atom. The van der Waals surface area contributed by atoms with Crippen LogP contribution in [0.25, 0.3) is 11.1 Å². The molecule has 2 aliphatic rings. The molecule has 0 atom stereocenters. The standard InChI is InChI=1S/C45H64O8/c1-5-7-8-9-34-10-12-35(13-11-34)14-15-36-16-18-38(19-17-36)43-21-20-39(26-37(43)6-2)40-27-41(50-22-24-52-44(48)32(3)30-46)29-42(28-40)51-23-25-53-45(49)33(4)31-47/h20-21,26-29,34-36,38,46-47H,3-19,22-25,30-31H2,1-2H3. The molecule has 0 spiro atoms. The summed E-state index contributed by atoms with van der Waals surface area (Å²) >= 11 is 0. The lowest BCUT2D eigenvalue weighted by Gasteiger charge is -2.33. The normalized spacial score (nSPS) is 20.0. The highest BCUT2D eigenvalue weighted by Gasteiger charge is 2.26. The van der Waals surface area contributed by atoms with Gasteiger partial charge < -0.3 is 29.2 Å². The van der Waals surface area contributed by atoms with Gasteiger partial charge in [0, 0.05) is 6.07 Å². The van der Waals surface area contributed by atoms with Gasteiger partial charge in [-0.1, -0.05) is 109 Å². The molecule has 0 saturated heterocycles. The Morgan fingerprint density at radius 2 is 1.15 bits per heavy atom. The molecule has 0 aromatic heterocycles. The number of esters is 2. The molecule has 292 valence electrons. The number of hydrogen-bond acceptors (Lipinski definition) is 8. The molecule has 8 heteroatoms. The van der Waals surface area contributed by atoms with E-state index in [0.29, 0.717) is 17.4 Å². The lowest BCUT2D eigenvalue weighted by atomic mass is 9.73. The summed E-state index contributed by atoms with van der Waals surface area (Å²) in [6, 6.07) is 12.4. The van der Waals surface area contributed by atoms with Crippen LogP contribution in [0.5, 0.6) is 11.5 Å². The maximum atomic E-state index is 11.9. The monoisotopic (exact) mass is 732 g/mol. The third kappa shape index (κ3) is 13.6. The average molecular weight is 733 g/mol. The molecule has 2 aromatic rings. The number of rotatable bonds is 22. The van der Waals surface area contributed by atoms with Crippen LogP contribution in [0, 0.1) is 17.8 Å². The summed E-state index contributed by atoms with van der Waals surface area (Å²) in [5, 5.41) is 18.2. The summed E-state index contributed by atoms with van der Waals surface area (Å²) in [5.41, 5.74) is 4.75. The van der Waals surface area contributed by atoms with E-state index in [1.165, 1.54) is 101 Å². The number of aliphatic hydroxyl groups is 2. The van der Waals surface area contributed by atoms with Crippen LogP contribution in [0.3, 0.4) is 0 Å². The van der Waals surface area contributed by atoms with Gasteiger partial charge in [0.15, 0.2) is 0 Å². The van der Waals surface area contributed by atoms with Crippen molar-refractivity contribution >= 4 is 11.9 Å². The van der Waals surface area contributed by atoms with Gasteiger partial charge >= 0.3 is 11.9 Å². The summed E-state index contributed by atoms with van der Waals surface area (Å²) in [6.45, 7) is 10.7. The van der Waals surface area contributed by atoms with Crippen molar-refractivity contribution in [3.8, 4) is 22.6 Å². The van der Waals surface area contributed by atoms with Crippen molar-refractivity contribution in [3.05, 3.63) is 71.8 Å². The number of unbranched alkanes of at least 4 members (excludes halogenated alkanes) is 2. The summed E-state index contributed by atoms with van der Waals surface area (Å²) in [7, 11) is 0. The number of aliphatic hydroxyl groups excluding tert-OH is 2. The molecule has 53 heavy (non-hydrogen) atoms. The molecule has 0 radical (unpaired) electrons. The highest BCUT2D eigenvalue weighted by Crippen LogP contribution is 2.42. The average Bonchev–Trinajstić information content (AvgIpc) is 3.19. The van der Waals surface area contributed by atoms with Crippen LogP contribution in [-0.4, -0.2) is 61.8 Å². The van der Waals surface area contributed by atoms with Gasteiger partial charge in [-0.3, -0.25) is 0 Å². The Bertz CT molecular complexity index is 1410. The van der Waals surface area contributed by atoms with E-state index in [4.69, 9.17) is 29.2 Å². The van der Waals surface area contributed by atoms with Crippen molar-refractivity contribution in [3.63, 3.8) is 0 Å². The van der Waals surface area contributed by atoms with Crippen LogP contribution >= 0.6 is 0 Å². The first kappa shape index (κ1) is 42.1. The molecule has 0 aliphatic heterocycles. The molecule has 2 aromatic carbocycles. The van der Waals surface area contributed by atoms with E-state index in [-0.39, 0.29) is 37.6 Å². The predicted molar refractivity (Wildman–Crippen MR) is 210 cm³/mol. The van der Waals surface area contributed by atoms with Gasteiger partial charge in [-0.15, -0.1) is 0 Å². The molecule has 0 unspecified atom stereocenters. The number of benzene rings is 2. The Kier molecular flexibility index (Phi) is 17.9. The van der Waals surface area contributed by atoms with E-state index in [1.807, 2.05) is 12.1 Å². The minimum atomic E-state index is -0.668. The van der Waals surface area contributed by atoms with Crippen LogP contribution in [0.1, 0.15) is 121 Å². The summed E-state index contributed by atoms with van der Waals surface area (Å²) in [4.78, 5) is 23.7. The fraction of sp³-hybridized carbons (Fsp3) is 0.600. The molecule has 2 aliphatic carbocycles. The number of carbonyl (C=O) groups excluding carboxylic acids is 2. The molecule has 0 amide bonds. The van der Waals surface area contributed by atoms with E-state index in [0.717, 1.165) is 35.3 Å². The van der Waals surface area contributed by atoms with Crippen LogP contribution in [0.4, 0.5) is 0 Å². The van der Waals surface area contributed by atoms with Crippen LogP contribution < -0.4 is 9.47 Å².